The van der Waals surface area contributed by atoms with Crippen molar-refractivity contribution < 1.29 is 19.4 Å². The fraction of sp³-hybridized carbons (Fsp3) is 0.167. The lowest BCUT2D eigenvalue weighted by Crippen LogP contribution is -2.25. The summed E-state index contributed by atoms with van der Waals surface area (Å²) in [4.78, 5) is 10.8. The van der Waals surface area contributed by atoms with Gasteiger partial charge in [-0.1, -0.05) is 42.1 Å². The Morgan fingerprint density at radius 2 is 1.85 bits per heavy atom. The molecule has 0 saturated carbocycles. The lowest BCUT2D eigenvalue weighted by Gasteiger charge is -2.26. The molecule has 0 saturated heterocycles. The lowest BCUT2D eigenvalue weighted by molar-refractivity contribution is -0.301. The summed E-state index contributed by atoms with van der Waals surface area (Å²) in [5.41, 5.74) is 0.816. The fourth-order valence-corrected chi connectivity index (χ4v) is 3.35. The number of aromatic nitrogens is 3. The topological polar surface area (TPSA) is 89.3 Å². The molecule has 4 rings (SSSR count). The average Bonchev–Trinajstić information content (AvgIpc) is 3.10. The molecular formula is C18H14N3O4S-. The van der Waals surface area contributed by atoms with Crippen molar-refractivity contribution in [1.82, 2.24) is 14.8 Å². The van der Waals surface area contributed by atoms with E-state index in [9.17, 15) is 9.90 Å². The van der Waals surface area contributed by atoms with Crippen LogP contribution in [0.25, 0.3) is 5.69 Å². The standard InChI is InChI=1S/C18H15N3O4S/c22-16(23)11-26-18-20-19-17(21(18)12-6-2-1-3-7-12)15-10-24-13-8-4-5-9-14(13)25-15/h1-9,15H,10-11H2,(H,22,23)/p-1/t15-/m1/s1. The van der Waals surface area contributed by atoms with E-state index in [1.54, 1.807) is 4.57 Å². The normalized spacial score (nSPS) is 15.6. The number of carbonyl (C=O) groups excluding carboxylic acids is 1. The molecule has 132 valence electrons. The summed E-state index contributed by atoms with van der Waals surface area (Å²) in [6.45, 7) is 0.285. The molecule has 1 aliphatic rings. The number of ether oxygens (including phenoxy) is 2. The van der Waals surface area contributed by atoms with Crippen LogP contribution < -0.4 is 14.6 Å². The van der Waals surface area contributed by atoms with Crippen LogP contribution in [0.4, 0.5) is 0 Å². The van der Waals surface area contributed by atoms with Gasteiger partial charge >= 0.3 is 0 Å². The summed E-state index contributed by atoms with van der Waals surface area (Å²) in [6, 6.07) is 16.9. The molecule has 0 bridgehead atoms. The van der Waals surface area contributed by atoms with E-state index in [1.165, 1.54) is 0 Å². The summed E-state index contributed by atoms with van der Waals surface area (Å²) >= 11 is 1.05. The molecule has 8 heteroatoms. The molecule has 0 spiro atoms. The van der Waals surface area contributed by atoms with E-state index in [4.69, 9.17) is 9.47 Å². The Kier molecular flexibility index (Phi) is 4.49. The number of nitrogens with zero attached hydrogens (tertiary/aromatic N) is 3. The number of para-hydroxylation sites is 3. The summed E-state index contributed by atoms with van der Waals surface area (Å²) in [6.07, 6.45) is -0.463. The zero-order valence-corrected chi connectivity index (χ0v) is 14.4. The fourth-order valence-electron chi connectivity index (χ4n) is 2.67. The lowest BCUT2D eigenvalue weighted by atomic mass is 10.2. The van der Waals surface area contributed by atoms with E-state index in [1.807, 2.05) is 54.6 Å². The third kappa shape index (κ3) is 3.23. The first-order chi connectivity index (χ1) is 12.7. The number of hydrogen-bond acceptors (Lipinski definition) is 7. The minimum Gasteiger partial charge on any atom is -0.549 e. The minimum absolute atomic E-state index is 0.212. The molecule has 0 N–H and O–H groups in total. The molecule has 1 atom stereocenters. The van der Waals surface area contributed by atoms with E-state index in [0.717, 1.165) is 17.4 Å². The monoisotopic (exact) mass is 368 g/mol. The molecular weight excluding hydrogens is 354 g/mol. The number of benzene rings is 2. The Balaban J connectivity index is 1.71. The number of carboxylic acids is 1. The summed E-state index contributed by atoms with van der Waals surface area (Å²) in [7, 11) is 0. The Hall–Kier alpha value is -3.00. The van der Waals surface area contributed by atoms with E-state index in [-0.39, 0.29) is 12.4 Å². The second-order valence-corrected chi connectivity index (χ2v) is 6.48. The number of carbonyl (C=O) groups is 1. The van der Waals surface area contributed by atoms with Crippen LogP contribution in [0.2, 0.25) is 0 Å². The second kappa shape index (κ2) is 7.09. The van der Waals surface area contributed by atoms with E-state index in [2.05, 4.69) is 10.2 Å². The van der Waals surface area contributed by atoms with Crippen LogP contribution in [0.5, 0.6) is 11.5 Å². The quantitative estimate of drug-likeness (QED) is 0.632. The smallest absolute Gasteiger partial charge is 0.196 e. The molecule has 26 heavy (non-hydrogen) atoms. The number of fused-ring (bicyclic) bond motifs is 1. The molecule has 1 aromatic heterocycles. The number of aliphatic carboxylic acids is 1. The highest BCUT2D eigenvalue weighted by Crippen LogP contribution is 2.36. The molecule has 2 heterocycles. The maximum Gasteiger partial charge on any atom is 0.196 e. The van der Waals surface area contributed by atoms with Crippen LogP contribution >= 0.6 is 11.8 Å². The maximum absolute atomic E-state index is 10.8. The third-order valence-electron chi connectivity index (χ3n) is 3.79. The molecule has 0 radical (unpaired) electrons. The van der Waals surface area contributed by atoms with Gasteiger partial charge in [-0.15, -0.1) is 10.2 Å². The van der Waals surface area contributed by atoms with Gasteiger partial charge in [0.25, 0.3) is 0 Å². The van der Waals surface area contributed by atoms with Crippen LogP contribution in [0.3, 0.4) is 0 Å². The SMILES string of the molecule is O=C([O-])CSc1nnc([C@H]2COc3ccccc3O2)n1-c1ccccc1. The molecule has 0 aliphatic carbocycles. The van der Waals surface area contributed by atoms with E-state index < -0.39 is 12.1 Å². The molecule has 7 nitrogen and oxygen atoms in total. The van der Waals surface area contributed by atoms with Crippen molar-refractivity contribution in [3.05, 3.63) is 60.4 Å². The minimum atomic E-state index is -1.16. The number of thioether (sulfide) groups is 1. The second-order valence-electron chi connectivity index (χ2n) is 5.54. The predicted octanol–water partition coefficient (Wildman–Crippen LogP) is 1.62. The number of rotatable bonds is 5. The van der Waals surface area contributed by atoms with Crippen LogP contribution in [-0.2, 0) is 4.79 Å². The van der Waals surface area contributed by atoms with Gasteiger partial charge in [-0.2, -0.15) is 0 Å². The van der Waals surface area contributed by atoms with Crippen molar-refractivity contribution >= 4 is 17.7 Å². The number of carboxylic acid groups (broad SMARTS) is 1. The zero-order chi connectivity index (χ0) is 17.9. The highest BCUT2D eigenvalue weighted by Gasteiger charge is 2.29. The molecule has 0 fully saturated rings. The Morgan fingerprint density at radius 3 is 2.62 bits per heavy atom. The number of hydrogen-bond donors (Lipinski definition) is 0. The van der Waals surface area contributed by atoms with Gasteiger partial charge in [-0.3, -0.25) is 4.57 Å². The first kappa shape index (κ1) is 16.5. The van der Waals surface area contributed by atoms with E-state index >= 15 is 0 Å². The molecule has 0 unspecified atom stereocenters. The van der Waals surface area contributed by atoms with Gasteiger partial charge in [0.1, 0.15) is 6.61 Å². The molecule has 2 aromatic carbocycles. The molecule has 0 amide bonds. The van der Waals surface area contributed by atoms with Gasteiger partial charge in [0.15, 0.2) is 28.6 Å². The third-order valence-corrected chi connectivity index (χ3v) is 4.69. The van der Waals surface area contributed by atoms with Crippen molar-refractivity contribution in [2.75, 3.05) is 12.4 Å². The predicted molar refractivity (Wildman–Crippen MR) is 92.4 cm³/mol. The van der Waals surface area contributed by atoms with Crippen LogP contribution in [-0.4, -0.2) is 33.1 Å². The first-order valence-electron chi connectivity index (χ1n) is 7.94. The summed E-state index contributed by atoms with van der Waals surface area (Å²) in [5.74, 6) is 0.490. The van der Waals surface area contributed by atoms with Gasteiger partial charge in [-0.25, -0.2) is 0 Å². The first-order valence-corrected chi connectivity index (χ1v) is 8.93. The van der Waals surface area contributed by atoms with Crippen molar-refractivity contribution in [2.45, 2.75) is 11.3 Å². The maximum atomic E-state index is 10.8. The van der Waals surface area contributed by atoms with Crippen molar-refractivity contribution in [3.63, 3.8) is 0 Å². The summed E-state index contributed by atoms with van der Waals surface area (Å²) in [5, 5.41) is 19.7. The van der Waals surface area contributed by atoms with Crippen LogP contribution in [0.15, 0.2) is 59.8 Å². The van der Waals surface area contributed by atoms with Gasteiger partial charge in [0.05, 0.1) is 5.97 Å². The highest BCUT2D eigenvalue weighted by atomic mass is 32.2. The van der Waals surface area contributed by atoms with Gasteiger partial charge in [-0.05, 0) is 24.3 Å². The Bertz CT molecular complexity index is 929. The average molecular weight is 368 g/mol. The Morgan fingerprint density at radius 1 is 1.12 bits per heavy atom. The van der Waals surface area contributed by atoms with Crippen molar-refractivity contribution in [2.24, 2.45) is 0 Å². The van der Waals surface area contributed by atoms with E-state index in [0.29, 0.717) is 22.5 Å². The largest absolute Gasteiger partial charge is 0.549 e. The Labute approximate surface area is 153 Å². The van der Waals surface area contributed by atoms with Gasteiger partial charge in [0.2, 0.25) is 0 Å². The summed E-state index contributed by atoms with van der Waals surface area (Å²) < 4.78 is 13.6. The highest BCUT2D eigenvalue weighted by molar-refractivity contribution is 7.99. The zero-order valence-electron chi connectivity index (χ0n) is 13.6. The van der Waals surface area contributed by atoms with Crippen LogP contribution in [0, 0.1) is 0 Å². The molecule has 1 aliphatic heterocycles. The van der Waals surface area contributed by atoms with Crippen molar-refractivity contribution in [3.8, 4) is 17.2 Å². The van der Waals surface area contributed by atoms with Gasteiger partial charge < -0.3 is 19.4 Å². The van der Waals surface area contributed by atoms with Crippen molar-refractivity contribution in [1.29, 1.82) is 0 Å². The molecule has 3 aromatic rings. The van der Waals surface area contributed by atoms with Gasteiger partial charge in [0, 0.05) is 11.4 Å². The van der Waals surface area contributed by atoms with Crippen LogP contribution in [0.1, 0.15) is 11.9 Å².